The Labute approximate surface area is 171 Å². The summed E-state index contributed by atoms with van der Waals surface area (Å²) in [5, 5.41) is 7.11. The molecule has 0 radical (unpaired) electrons. The summed E-state index contributed by atoms with van der Waals surface area (Å²) < 4.78 is 13.3. The van der Waals surface area contributed by atoms with Gasteiger partial charge in [-0.25, -0.2) is 9.67 Å². The molecule has 2 aromatic carbocycles. The zero-order chi connectivity index (χ0) is 20.1. The standard InChI is InChI=1S/C20H21BrN4O3/c1-4-28-19-17(21)9-15(10-18(19)27-3)20(26)24-13(2)14-5-7-16(8-6-14)25-12-22-11-23-25/h5-13H,4H2,1-3H3,(H,24,26)/t13-/m1/s1. The number of hydrogen-bond acceptors (Lipinski definition) is 5. The first-order valence-corrected chi connectivity index (χ1v) is 9.59. The van der Waals surface area contributed by atoms with Crippen LogP contribution in [0.1, 0.15) is 35.8 Å². The van der Waals surface area contributed by atoms with Gasteiger partial charge in [0.2, 0.25) is 0 Å². The molecule has 7 nitrogen and oxygen atoms in total. The van der Waals surface area contributed by atoms with Crippen LogP contribution in [0.5, 0.6) is 11.5 Å². The summed E-state index contributed by atoms with van der Waals surface area (Å²) in [7, 11) is 1.55. The molecule has 1 N–H and O–H groups in total. The third-order valence-corrected chi connectivity index (χ3v) is 4.79. The Morgan fingerprint density at radius 3 is 2.64 bits per heavy atom. The molecule has 1 aromatic heterocycles. The first-order valence-electron chi connectivity index (χ1n) is 8.79. The number of nitrogens with zero attached hydrogens (tertiary/aromatic N) is 3. The van der Waals surface area contributed by atoms with E-state index in [-0.39, 0.29) is 11.9 Å². The van der Waals surface area contributed by atoms with Crippen molar-refractivity contribution < 1.29 is 14.3 Å². The van der Waals surface area contributed by atoms with Gasteiger partial charge in [-0.15, -0.1) is 0 Å². The first kappa shape index (κ1) is 19.9. The van der Waals surface area contributed by atoms with Gasteiger partial charge in [0.25, 0.3) is 5.91 Å². The Hall–Kier alpha value is -2.87. The van der Waals surface area contributed by atoms with Crippen LogP contribution in [0.25, 0.3) is 5.69 Å². The fraction of sp³-hybridized carbons (Fsp3) is 0.250. The predicted molar refractivity (Wildman–Crippen MR) is 109 cm³/mol. The fourth-order valence-electron chi connectivity index (χ4n) is 2.76. The third-order valence-electron chi connectivity index (χ3n) is 4.20. The molecule has 1 atom stereocenters. The molecule has 3 rings (SSSR count). The molecule has 3 aromatic rings. The van der Waals surface area contributed by atoms with Crippen LogP contribution in [-0.2, 0) is 0 Å². The molecule has 28 heavy (non-hydrogen) atoms. The van der Waals surface area contributed by atoms with Gasteiger partial charge in [0.1, 0.15) is 12.7 Å². The van der Waals surface area contributed by atoms with Gasteiger partial charge in [-0.05, 0) is 59.6 Å². The highest BCUT2D eigenvalue weighted by atomic mass is 79.9. The lowest BCUT2D eigenvalue weighted by molar-refractivity contribution is 0.0939. The Bertz CT molecular complexity index is 943. The van der Waals surface area contributed by atoms with E-state index >= 15 is 0 Å². The summed E-state index contributed by atoms with van der Waals surface area (Å²) in [6, 6.07) is 11.0. The van der Waals surface area contributed by atoms with E-state index in [1.165, 1.54) is 6.33 Å². The Kier molecular flexibility index (Phi) is 6.30. The highest BCUT2D eigenvalue weighted by molar-refractivity contribution is 9.10. The maximum atomic E-state index is 12.7. The number of halogens is 1. The van der Waals surface area contributed by atoms with Crippen LogP contribution in [0.15, 0.2) is 53.5 Å². The maximum Gasteiger partial charge on any atom is 0.251 e. The molecule has 1 amide bonds. The third kappa shape index (κ3) is 4.33. The zero-order valence-corrected chi connectivity index (χ0v) is 17.4. The number of aromatic nitrogens is 3. The number of rotatable bonds is 7. The quantitative estimate of drug-likeness (QED) is 0.597. The number of carbonyl (C=O) groups excluding carboxylic acids is 1. The molecule has 1 heterocycles. The second-order valence-electron chi connectivity index (χ2n) is 6.05. The van der Waals surface area contributed by atoms with E-state index in [2.05, 4.69) is 31.3 Å². The average Bonchev–Trinajstić information content (AvgIpc) is 3.24. The van der Waals surface area contributed by atoms with Crippen molar-refractivity contribution in [3.8, 4) is 17.2 Å². The smallest absolute Gasteiger partial charge is 0.251 e. The zero-order valence-electron chi connectivity index (χ0n) is 15.8. The Morgan fingerprint density at radius 2 is 2.04 bits per heavy atom. The van der Waals surface area contributed by atoms with E-state index in [4.69, 9.17) is 9.47 Å². The van der Waals surface area contributed by atoms with E-state index < -0.39 is 0 Å². The summed E-state index contributed by atoms with van der Waals surface area (Å²) in [5.41, 5.74) is 2.37. The van der Waals surface area contributed by atoms with Crippen molar-refractivity contribution in [2.75, 3.05) is 13.7 Å². The van der Waals surface area contributed by atoms with Crippen molar-refractivity contribution in [1.29, 1.82) is 0 Å². The summed E-state index contributed by atoms with van der Waals surface area (Å²) in [5.74, 6) is 0.888. The topological polar surface area (TPSA) is 78.3 Å². The molecule has 0 aliphatic rings. The van der Waals surface area contributed by atoms with Crippen molar-refractivity contribution in [2.24, 2.45) is 0 Å². The van der Waals surface area contributed by atoms with Crippen LogP contribution in [-0.4, -0.2) is 34.4 Å². The number of benzene rings is 2. The summed E-state index contributed by atoms with van der Waals surface area (Å²) in [4.78, 5) is 16.7. The van der Waals surface area contributed by atoms with Gasteiger partial charge >= 0.3 is 0 Å². The first-order chi connectivity index (χ1) is 13.5. The van der Waals surface area contributed by atoms with E-state index in [9.17, 15) is 4.79 Å². The second kappa shape index (κ2) is 8.88. The van der Waals surface area contributed by atoms with Gasteiger partial charge in [0.15, 0.2) is 11.5 Å². The van der Waals surface area contributed by atoms with E-state index in [1.54, 1.807) is 30.3 Å². The largest absolute Gasteiger partial charge is 0.493 e. The van der Waals surface area contributed by atoms with E-state index in [0.717, 1.165) is 11.3 Å². The molecule has 0 aliphatic heterocycles. The van der Waals surface area contributed by atoms with Crippen LogP contribution in [0.3, 0.4) is 0 Å². The number of hydrogen-bond donors (Lipinski definition) is 1. The SMILES string of the molecule is CCOc1c(Br)cc(C(=O)N[C@H](C)c2ccc(-n3cncn3)cc2)cc1OC. The minimum absolute atomic E-state index is 0.173. The molecule has 0 bridgehead atoms. The number of ether oxygens (including phenoxy) is 2. The van der Waals surface area contributed by atoms with Gasteiger partial charge in [-0.3, -0.25) is 4.79 Å². The van der Waals surface area contributed by atoms with Crippen LogP contribution >= 0.6 is 15.9 Å². The van der Waals surface area contributed by atoms with Crippen LogP contribution in [0.2, 0.25) is 0 Å². The number of amides is 1. The number of nitrogens with one attached hydrogen (secondary N) is 1. The normalized spacial score (nSPS) is 11.7. The molecule has 0 unspecified atom stereocenters. The van der Waals surface area contributed by atoms with Crippen LogP contribution in [0, 0.1) is 0 Å². The molecule has 146 valence electrons. The van der Waals surface area contributed by atoms with Gasteiger partial charge in [0.05, 0.1) is 29.9 Å². The monoisotopic (exact) mass is 444 g/mol. The molecule has 0 fully saturated rings. The molecular weight excluding hydrogens is 424 g/mol. The van der Waals surface area contributed by atoms with E-state index in [1.807, 2.05) is 38.1 Å². The summed E-state index contributed by atoms with van der Waals surface area (Å²) in [6.07, 6.45) is 3.12. The van der Waals surface area contributed by atoms with Crippen molar-refractivity contribution in [1.82, 2.24) is 20.1 Å². The van der Waals surface area contributed by atoms with Crippen molar-refractivity contribution in [3.05, 3.63) is 64.7 Å². The number of carbonyl (C=O) groups is 1. The maximum absolute atomic E-state index is 12.7. The average molecular weight is 445 g/mol. The second-order valence-corrected chi connectivity index (χ2v) is 6.90. The lowest BCUT2D eigenvalue weighted by Gasteiger charge is -2.17. The summed E-state index contributed by atoms with van der Waals surface area (Å²) in [6.45, 7) is 4.33. The fourth-order valence-corrected chi connectivity index (χ4v) is 3.31. The highest BCUT2D eigenvalue weighted by Crippen LogP contribution is 2.36. The van der Waals surface area contributed by atoms with Gasteiger partial charge in [0, 0.05) is 5.56 Å². The van der Waals surface area contributed by atoms with Crippen LogP contribution in [0.4, 0.5) is 0 Å². The minimum Gasteiger partial charge on any atom is -0.493 e. The molecule has 0 saturated carbocycles. The van der Waals surface area contributed by atoms with Gasteiger partial charge < -0.3 is 14.8 Å². The van der Waals surface area contributed by atoms with Crippen molar-refractivity contribution in [2.45, 2.75) is 19.9 Å². The molecule has 0 spiro atoms. The molecule has 0 saturated heterocycles. The van der Waals surface area contributed by atoms with E-state index in [0.29, 0.717) is 28.1 Å². The lowest BCUT2D eigenvalue weighted by atomic mass is 10.1. The minimum atomic E-state index is -0.199. The summed E-state index contributed by atoms with van der Waals surface area (Å²) >= 11 is 3.45. The predicted octanol–water partition coefficient (Wildman–Crippen LogP) is 3.93. The van der Waals surface area contributed by atoms with Crippen molar-refractivity contribution in [3.63, 3.8) is 0 Å². The van der Waals surface area contributed by atoms with Gasteiger partial charge in [-0.2, -0.15) is 5.10 Å². The molecule has 8 heteroatoms. The lowest BCUT2D eigenvalue weighted by Crippen LogP contribution is -2.26. The number of methoxy groups -OCH3 is 1. The van der Waals surface area contributed by atoms with Crippen molar-refractivity contribution >= 4 is 21.8 Å². The van der Waals surface area contributed by atoms with Crippen LogP contribution < -0.4 is 14.8 Å². The Balaban J connectivity index is 1.74. The molecular formula is C20H21BrN4O3. The Morgan fingerprint density at radius 1 is 1.29 bits per heavy atom. The van der Waals surface area contributed by atoms with Gasteiger partial charge in [-0.1, -0.05) is 12.1 Å². The molecule has 0 aliphatic carbocycles. The highest BCUT2D eigenvalue weighted by Gasteiger charge is 2.17.